The zero-order valence-electron chi connectivity index (χ0n) is 8.48. The lowest BCUT2D eigenvalue weighted by Crippen LogP contribution is -2.30. The van der Waals surface area contributed by atoms with Crippen LogP contribution in [0.1, 0.15) is 5.56 Å². The van der Waals surface area contributed by atoms with Gasteiger partial charge in [0.1, 0.15) is 0 Å². The monoisotopic (exact) mass is 219 g/mol. The SMILES string of the molecule is C(#Cc1ccccc1)SN1CCOCC1. The minimum absolute atomic E-state index is 0.819. The summed E-state index contributed by atoms with van der Waals surface area (Å²) in [6.07, 6.45) is 0. The molecule has 1 aliphatic heterocycles. The first-order valence-corrected chi connectivity index (χ1v) is 5.78. The highest BCUT2D eigenvalue weighted by molar-refractivity contribution is 8.01. The Morgan fingerprint density at radius 1 is 1.13 bits per heavy atom. The zero-order chi connectivity index (χ0) is 10.3. The lowest BCUT2D eigenvalue weighted by molar-refractivity contribution is 0.0777. The molecule has 0 atom stereocenters. The first-order chi connectivity index (χ1) is 7.45. The van der Waals surface area contributed by atoms with Gasteiger partial charge in [-0.05, 0) is 17.4 Å². The summed E-state index contributed by atoms with van der Waals surface area (Å²) in [5.74, 6) is 3.12. The van der Waals surface area contributed by atoms with E-state index < -0.39 is 0 Å². The van der Waals surface area contributed by atoms with Crippen LogP contribution in [0, 0.1) is 11.2 Å². The van der Waals surface area contributed by atoms with Crippen molar-refractivity contribution in [2.24, 2.45) is 0 Å². The molecule has 1 aromatic rings. The van der Waals surface area contributed by atoms with E-state index in [1.807, 2.05) is 30.3 Å². The third kappa shape index (κ3) is 3.60. The third-order valence-electron chi connectivity index (χ3n) is 2.11. The van der Waals surface area contributed by atoms with E-state index in [1.54, 1.807) is 11.9 Å². The van der Waals surface area contributed by atoms with Gasteiger partial charge in [-0.1, -0.05) is 24.1 Å². The summed E-state index contributed by atoms with van der Waals surface area (Å²) >= 11 is 1.58. The topological polar surface area (TPSA) is 12.5 Å². The molecule has 0 saturated carbocycles. The summed E-state index contributed by atoms with van der Waals surface area (Å²) in [5, 5.41) is 3.11. The van der Waals surface area contributed by atoms with E-state index in [1.165, 1.54) is 0 Å². The maximum atomic E-state index is 5.26. The summed E-state index contributed by atoms with van der Waals surface area (Å²) in [5.41, 5.74) is 1.07. The predicted molar refractivity (Wildman–Crippen MR) is 63.3 cm³/mol. The van der Waals surface area contributed by atoms with Crippen LogP contribution in [0.4, 0.5) is 0 Å². The van der Waals surface area contributed by atoms with E-state index in [0.29, 0.717) is 0 Å². The summed E-state index contributed by atoms with van der Waals surface area (Å²) in [4.78, 5) is 0. The van der Waals surface area contributed by atoms with Gasteiger partial charge in [0.2, 0.25) is 0 Å². The van der Waals surface area contributed by atoms with Gasteiger partial charge < -0.3 is 4.74 Å². The second-order valence-electron chi connectivity index (χ2n) is 3.23. The van der Waals surface area contributed by atoms with E-state index in [4.69, 9.17) is 4.74 Å². The predicted octanol–water partition coefficient (Wildman–Crippen LogP) is 1.98. The molecule has 0 aliphatic carbocycles. The summed E-state index contributed by atoms with van der Waals surface area (Å²) in [6, 6.07) is 10.0. The van der Waals surface area contributed by atoms with Crippen molar-refractivity contribution in [3.63, 3.8) is 0 Å². The van der Waals surface area contributed by atoms with Crippen molar-refractivity contribution in [1.82, 2.24) is 4.31 Å². The van der Waals surface area contributed by atoms with Gasteiger partial charge in [-0.3, -0.25) is 0 Å². The van der Waals surface area contributed by atoms with E-state index >= 15 is 0 Å². The molecule has 0 bridgehead atoms. The minimum Gasteiger partial charge on any atom is -0.379 e. The molecule has 0 aromatic heterocycles. The third-order valence-corrected chi connectivity index (χ3v) is 2.93. The van der Waals surface area contributed by atoms with Crippen LogP contribution in [0.25, 0.3) is 0 Å². The molecule has 1 aliphatic rings. The smallest absolute Gasteiger partial charge is 0.0603 e. The van der Waals surface area contributed by atoms with Crippen molar-refractivity contribution < 1.29 is 4.74 Å². The highest BCUT2D eigenvalue weighted by Gasteiger charge is 2.08. The Kier molecular flexibility index (Phi) is 4.10. The molecule has 78 valence electrons. The van der Waals surface area contributed by atoms with Crippen LogP contribution < -0.4 is 0 Å². The molecular weight excluding hydrogens is 206 g/mol. The van der Waals surface area contributed by atoms with Crippen LogP contribution in [-0.2, 0) is 4.74 Å². The van der Waals surface area contributed by atoms with Crippen molar-refractivity contribution in [1.29, 1.82) is 0 Å². The van der Waals surface area contributed by atoms with Gasteiger partial charge in [0, 0.05) is 30.6 Å². The Labute approximate surface area is 94.7 Å². The molecule has 0 spiro atoms. The summed E-state index contributed by atoms with van der Waals surface area (Å²) < 4.78 is 7.50. The Balaban J connectivity index is 1.84. The molecule has 0 unspecified atom stereocenters. The van der Waals surface area contributed by atoms with Crippen molar-refractivity contribution in [2.45, 2.75) is 0 Å². The molecule has 0 amide bonds. The molecule has 0 radical (unpaired) electrons. The number of hydrogen-bond donors (Lipinski definition) is 0. The minimum atomic E-state index is 0.819. The average Bonchev–Trinajstić information content (AvgIpc) is 2.32. The number of ether oxygens (including phenoxy) is 1. The zero-order valence-corrected chi connectivity index (χ0v) is 9.30. The van der Waals surface area contributed by atoms with Gasteiger partial charge in [-0.25, -0.2) is 4.31 Å². The highest BCUT2D eigenvalue weighted by Crippen LogP contribution is 2.10. The number of rotatable bonds is 1. The fourth-order valence-corrected chi connectivity index (χ4v) is 1.93. The van der Waals surface area contributed by atoms with E-state index in [0.717, 1.165) is 31.9 Å². The number of nitrogens with zero attached hydrogens (tertiary/aromatic N) is 1. The van der Waals surface area contributed by atoms with E-state index in [-0.39, 0.29) is 0 Å². The van der Waals surface area contributed by atoms with Gasteiger partial charge in [-0.15, -0.1) is 0 Å². The van der Waals surface area contributed by atoms with Crippen molar-refractivity contribution in [2.75, 3.05) is 26.3 Å². The lowest BCUT2D eigenvalue weighted by Gasteiger charge is -2.22. The highest BCUT2D eigenvalue weighted by atomic mass is 32.2. The fourth-order valence-electron chi connectivity index (χ4n) is 1.31. The van der Waals surface area contributed by atoms with Gasteiger partial charge >= 0.3 is 0 Å². The van der Waals surface area contributed by atoms with Crippen LogP contribution in [0.3, 0.4) is 0 Å². The molecule has 2 nitrogen and oxygen atoms in total. The Morgan fingerprint density at radius 2 is 1.87 bits per heavy atom. The molecule has 0 N–H and O–H groups in total. The summed E-state index contributed by atoms with van der Waals surface area (Å²) in [6.45, 7) is 3.57. The van der Waals surface area contributed by atoms with Crippen LogP contribution in [0.2, 0.25) is 0 Å². The molecular formula is C12H13NOS. The van der Waals surface area contributed by atoms with Crippen LogP contribution >= 0.6 is 11.9 Å². The maximum Gasteiger partial charge on any atom is 0.0603 e. The second-order valence-corrected chi connectivity index (χ2v) is 4.13. The van der Waals surface area contributed by atoms with Crippen LogP contribution in [0.5, 0.6) is 0 Å². The van der Waals surface area contributed by atoms with Crippen LogP contribution in [0.15, 0.2) is 30.3 Å². The largest absolute Gasteiger partial charge is 0.379 e. The second kappa shape index (κ2) is 5.82. The quantitative estimate of drug-likeness (QED) is 0.529. The van der Waals surface area contributed by atoms with Crippen molar-refractivity contribution in [3.8, 4) is 11.2 Å². The lowest BCUT2D eigenvalue weighted by atomic mass is 10.2. The molecule has 2 rings (SSSR count). The summed E-state index contributed by atoms with van der Waals surface area (Å²) in [7, 11) is 0. The first-order valence-electron chi connectivity index (χ1n) is 5.01. The molecule has 1 saturated heterocycles. The number of hydrogen-bond acceptors (Lipinski definition) is 3. The molecule has 1 aromatic carbocycles. The molecule has 3 heteroatoms. The van der Waals surface area contributed by atoms with Crippen LogP contribution in [-0.4, -0.2) is 30.6 Å². The Bertz CT molecular complexity index is 349. The van der Waals surface area contributed by atoms with Gasteiger partial charge in [0.25, 0.3) is 0 Å². The molecule has 1 heterocycles. The normalized spacial score (nSPS) is 16.8. The van der Waals surface area contributed by atoms with E-state index in [2.05, 4.69) is 15.5 Å². The van der Waals surface area contributed by atoms with Gasteiger partial charge in [-0.2, -0.15) is 0 Å². The fraction of sp³-hybridized carbons (Fsp3) is 0.333. The number of morpholine rings is 1. The molecule has 15 heavy (non-hydrogen) atoms. The van der Waals surface area contributed by atoms with Gasteiger partial charge in [0.05, 0.1) is 13.2 Å². The van der Waals surface area contributed by atoms with Crippen molar-refractivity contribution >= 4 is 11.9 Å². The number of benzene rings is 1. The Morgan fingerprint density at radius 3 is 2.60 bits per heavy atom. The van der Waals surface area contributed by atoms with E-state index in [9.17, 15) is 0 Å². The van der Waals surface area contributed by atoms with Gasteiger partial charge in [0.15, 0.2) is 0 Å². The molecule has 1 fully saturated rings. The maximum absolute atomic E-state index is 5.26. The standard InChI is InChI=1S/C12H13NOS/c1-2-4-12(5-3-1)6-11-15-13-7-9-14-10-8-13/h1-5H,7-10H2. The Hall–Kier alpha value is -0.950. The first kappa shape index (κ1) is 10.6. The average molecular weight is 219 g/mol. The van der Waals surface area contributed by atoms with Crippen molar-refractivity contribution in [3.05, 3.63) is 35.9 Å².